The van der Waals surface area contributed by atoms with Crippen LogP contribution in [0.15, 0.2) is 12.2 Å². The highest BCUT2D eigenvalue weighted by Gasteiger charge is 2.26. The second kappa shape index (κ2) is 6.02. The number of ether oxygens (including phenoxy) is 1. The summed E-state index contributed by atoms with van der Waals surface area (Å²) in [4.78, 5) is 35.9. The van der Waals surface area contributed by atoms with E-state index in [-0.39, 0.29) is 0 Å². The van der Waals surface area contributed by atoms with Crippen molar-refractivity contribution in [3.05, 3.63) is 12.2 Å². The third-order valence-corrected chi connectivity index (χ3v) is 1.82. The van der Waals surface area contributed by atoms with Gasteiger partial charge in [0, 0.05) is 32.3 Å². The molecule has 0 saturated carbocycles. The van der Waals surface area contributed by atoms with Crippen molar-refractivity contribution in [2.45, 2.75) is 19.8 Å². The number of carbonyl (C=O) groups excluding carboxylic acids is 3. The topological polar surface area (TPSA) is 72.9 Å². The third kappa shape index (κ3) is 3.82. The number of amides is 2. The van der Waals surface area contributed by atoms with Crippen LogP contribution in [0.2, 0.25) is 0 Å². The predicted octanol–water partition coefficient (Wildman–Crippen LogP) is 0.186. The first-order valence-corrected chi connectivity index (χ1v) is 4.93. The van der Waals surface area contributed by atoms with Crippen LogP contribution in [0, 0.1) is 0 Å². The summed E-state index contributed by atoms with van der Waals surface area (Å²) in [5.74, 6) is -1.97. The largest absolute Gasteiger partial charge is 0.381 e. The van der Waals surface area contributed by atoms with E-state index in [0.29, 0.717) is 5.06 Å². The van der Waals surface area contributed by atoms with E-state index >= 15 is 0 Å². The Kier molecular flexibility index (Phi) is 4.65. The van der Waals surface area contributed by atoms with Crippen LogP contribution in [0.25, 0.3) is 0 Å². The highest BCUT2D eigenvalue weighted by molar-refractivity contribution is 6.12. The van der Waals surface area contributed by atoms with Crippen LogP contribution in [-0.2, 0) is 24.0 Å². The van der Waals surface area contributed by atoms with E-state index in [1.54, 1.807) is 0 Å². The van der Waals surface area contributed by atoms with E-state index in [2.05, 4.69) is 4.84 Å². The Morgan fingerprint density at radius 2 is 1.75 bits per heavy atom. The van der Waals surface area contributed by atoms with Crippen molar-refractivity contribution < 1.29 is 24.0 Å². The van der Waals surface area contributed by atoms with Crippen molar-refractivity contribution in [1.29, 1.82) is 0 Å². The number of hydroxylamine groups is 2. The fraction of sp³-hybridized carbons (Fsp3) is 0.500. The summed E-state index contributed by atoms with van der Waals surface area (Å²) < 4.78 is 4.94. The Morgan fingerprint density at radius 1 is 1.25 bits per heavy atom. The van der Waals surface area contributed by atoms with Crippen molar-refractivity contribution >= 4 is 17.8 Å². The predicted molar refractivity (Wildman–Crippen MR) is 52.8 cm³/mol. The molecule has 0 unspecified atom stereocenters. The molecule has 16 heavy (non-hydrogen) atoms. The average molecular weight is 227 g/mol. The second-order valence-corrected chi connectivity index (χ2v) is 3.21. The molecule has 0 aliphatic carbocycles. The molecule has 0 atom stereocenters. The van der Waals surface area contributed by atoms with Crippen LogP contribution in [0.3, 0.4) is 0 Å². The zero-order chi connectivity index (χ0) is 12.0. The maximum absolute atomic E-state index is 10.7. The van der Waals surface area contributed by atoms with Crippen LogP contribution < -0.4 is 0 Å². The van der Waals surface area contributed by atoms with Crippen LogP contribution in [0.4, 0.5) is 0 Å². The van der Waals surface area contributed by atoms with Gasteiger partial charge in [0.1, 0.15) is 0 Å². The lowest BCUT2D eigenvalue weighted by atomic mass is 10.4. The monoisotopic (exact) mass is 227 g/mol. The molecule has 0 aromatic carbocycles. The zero-order valence-electron chi connectivity index (χ0n) is 8.97. The molecule has 0 aromatic rings. The molecule has 2 rings (SSSR count). The first-order chi connectivity index (χ1) is 7.61. The number of carbonyl (C=O) groups is 3. The number of hydrogen-bond donors (Lipinski definition) is 0. The van der Waals surface area contributed by atoms with Gasteiger partial charge in [-0.3, -0.25) is 9.59 Å². The van der Waals surface area contributed by atoms with Crippen molar-refractivity contribution in [3.63, 3.8) is 0 Å². The highest BCUT2D eigenvalue weighted by Crippen LogP contribution is 2.03. The summed E-state index contributed by atoms with van der Waals surface area (Å²) in [5, 5.41) is 0.405. The molecule has 2 heterocycles. The standard InChI is InChI=1S/C6H5NO4.C4H8O/c1-4(8)11-7-5(9)2-3-6(7)10;1-2-4-5-3-1/h2-3H,1H3;1-4H2. The van der Waals surface area contributed by atoms with Gasteiger partial charge in [-0.1, -0.05) is 5.06 Å². The zero-order valence-corrected chi connectivity index (χ0v) is 8.97. The Bertz CT molecular complexity index is 294. The number of rotatable bonds is 1. The third-order valence-electron chi connectivity index (χ3n) is 1.82. The Hall–Kier alpha value is -1.69. The molecule has 6 nitrogen and oxygen atoms in total. The molecule has 0 N–H and O–H groups in total. The molecule has 0 aromatic heterocycles. The normalized spacial score (nSPS) is 18.4. The SMILES string of the molecule is C1CCOC1.CC(=O)ON1C(=O)C=CC1=O. The average Bonchev–Trinajstić information content (AvgIpc) is 2.86. The second-order valence-electron chi connectivity index (χ2n) is 3.21. The summed E-state index contributed by atoms with van der Waals surface area (Å²) in [5.41, 5.74) is 0. The molecule has 1 fully saturated rings. The summed E-state index contributed by atoms with van der Waals surface area (Å²) in [6.45, 7) is 3.11. The van der Waals surface area contributed by atoms with E-state index < -0.39 is 17.8 Å². The van der Waals surface area contributed by atoms with Gasteiger partial charge in [0.25, 0.3) is 11.8 Å². The van der Waals surface area contributed by atoms with Crippen molar-refractivity contribution in [2.24, 2.45) is 0 Å². The number of hydrogen-bond acceptors (Lipinski definition) is 5. The fourth-order valence-electron chi connectivity index (χ4n) is 1.12. The van der Waals surface area contributed by atoms with Crippen LogP contribution in [0.1, 0.15) is 19.8 Å². The molecule has 0 spiro atoms. The molecule has 88 valence electrons. The van der Waals surface area contributed by atoms with Crippen LogP contribution >= 0.6 is 0 Å². The van der Waals surface area contributed by atoms with Gasteiger partial charge in [0.15, 0.2) is 0 Å². The van der Waals surface area contributed by atoms with Gasteiger partial charge in [-0.2, -0.15) is 0 Å². The summed E-state index contributed by atoms with van der Waals surface area (Å²) in [6.07, 6.45) is 4.62. The molecule has 0 radical (unpaired) electrons. The molecular formula is C10H13NO5. The van der Waals surface area contributed by atoms with Gasteiger partial charge < -0.3 is 9.57 Å². The van der Waals surface area contributed by atoms with Gasteiger partial charge in [0.2, 0.25) is 0 Å². The van der Waals surface area contributed by atoms with E-state index in [1.807, 2.05) is 0 Å². The first-order valence-electron chi connectivity index (χ1n) is 4.93. The summed E-state index contributed by atoms with van der Waals surface area (Å²) >= 11 is 0. The Labute approximate surface area is 92.8 Å². The molecule has 2 aliphatic rings. The quantitative estimate of drug-likeness (QED) is 0.598. The molecule has 2 aliphatic heterocycles. The minimum Gasteiger partial charge on any atom is -0.381 e. The maximum Gasteiger partial charge on any atom is 0.330 e. The van der Waals surface area contributed by atoms with Crippen molar-refractivity contribution in [3.8, 4) is 0 Å². The Morgan fingerprint density at radius 3 is 2.06 bits per heavy atom. The summed E-state index contributed by atoms with van der Waals surface area (Å²) in [6, 6.07) is 0. The van der Waals surface area contributed by atoms with E-state index in [0.717, 1.165) is 32.3 Å². The van der Waals surface area contributed by atoms with Gasteiger partial charge >= 0.3 is 5.97 Å². The van der Waals surface area contributed by atoms with Gasteiger partial charge in [0.05, 0.1) is 0 Å². The van der Waals surface area contributed by atoms with E-state index in [4.69, 9.17) is 4.74 Å². The van der Waals surface area contributed by atoms with Crippen LogP contribution in [0.5, 0.6) is 0 Å². The lowest BCUT2D eigenvalue weighted by molar-refractivity contribution is -0.194. The van der Waals surface area contributed by atoms with E-state index in [1.165, 1.54) is 12.8 Å². The van der Waals surface area contributed by atoms with Gasteiger partial charge in [-0.25, -0.2) is 4.79 Å². The summed E-state index contributed by atoms with van der Waals surface area (Å²) in [7, 11) is 0. The fourth-order valence-corrected chi connectivity index (χ4v) is 1.12. The molecule has 2 amide bonds. The lowest BCUT2D eigenvalue weighted by Crippen LogP contribution is -2.31. The minimum atomic E-state index is -0.699. The molecular weight excluding hydrogens is 214 g/mol. The first kappa shape index (κ1) is 12.4. The molecule has 0 bridgehead atoms. The van der Waals surface area contributed by atoms with E-state index in [9.17, 15) is 14.4 Å². The molecule has 1 saturated heterocycles. The number of imide groups is 1. The van der Waals surface area contributed by atoms with Crippen LogP contribution in [-0.4, -0.2) is 36.1 Å². The van der Waals surface area contributed by atoms with Gasteiger partial charge in [-0.15, -0.1) is 0 Å². The van der Waals surface area contributed by atoms with Gasteiger partial charge in [-0.05, 0) is 12.8 Å². The minimum absolute atomic E-state index is 0.405. The highest BCUT2D eigenvalue weighted by atomic mass is 16.7. The maximum atomic E-state index is 10.7. The van der Waals surface area contributed by atoms with Crippen molar-refractivity contribution in [1.82, 2.24) is 5.06 Å². The number of nitrogens with zero attached hydrogens (tertiary/aromatic N) is 1. The van der Waals surface area contributed by atoms with Crippen molar-refractivity contribution in [2.75, 3.05) is 13.2 Å². The Balaban J connectivity index is 0.000000212. The lowest BCUT2D eigenvalue weighted by Gasteiger charge is -2.09. The smallest absolute Gasteiger partial charge is 0.330 e. The molecule has 6 heteroatoms.